The van der Waals surface area contributed by atoms with Crippen LogP contribution in [0.1, 0.15) is 42.8 Å². The average Bonchev–Trinajstić information content (AvgIpc) is 3.03. The van der Waals surface area contributed by atoms with Crippen molar-refractivity contribution in [1.29, 1.82) is 0 Å². The number of hydrogen-bond acceptors (Lipinski definition) is 3. The van der Waals surface area contributed by atoms with Gasteiger partial charge in [0.15, 0.2) is 0 Å². The van der Waals surface area contributed by atoms with Gasteiger partial charge in [-0.25, -0.2) is 4.98 Å². The van der Waals surface area contributed by atoms with Crippen molar-refractivity contribution in [3.8, 4) is 11.3 Å². The van der Waals surface area contributed by atoms with Crippen molar-refractivity contribution < 1.29 is 0 Å². The minimum Gasteiger partial charge on any atom is -0.297 e. The van der Waals surface area contributed by atoms with Crippen LogP contribution in [0.2, 0.25) is 0 Å². The summed E-state index contributed by atoms with van der Waals surface area (Å²) in [7, 11) is 0. The summed E-state index contributed by atoms with van der Waals surface area (Å²) in [6.45, 7) is 8.76. The molecule has 21 heavy (non-hydrogen) atoms. The van der Waals surface area contributed by atoms with Gasteiger partial charge in [0, 0.05) is 17.8 Å². The minimum absolute atomic E-state index is 0.477. The van der Waals surface area contributed by atoms with E-state index in [0.29, 0.717) is 6.04 Å². The molecule has 1 fully saturated rings. The minimum atomic E-state index is 0.477. The molecule has 1 aromatic heterocycles. The molecule has 0 amide bonds. The van der Waals surface area contributed by atoms with Gasteiger partial charge in [0.2, 0.25) is 0 Å². The molecule has 1 aromatic carbocycles. The summed E-state index contributed by atoms with van der Waals surface area (Å²) in [5.41, 5.74) is 5.51. The predicted molar refractivity (Wildman–Crippen MR) is 86.2 cm³/mol. The Kier molecular flexibility index (Phi) is 4.02. The van der Waals surface area contributed by atoms with Crippen molar-refractivity contribution in [2.75, 3.05) is 13.1 Å². The zero-order valence-electron chi connectivity index (χ0n) is 13.1. The summed E-state index contributed by atoms with van der Waals surface area (Å²) in [6.07, 6.45) is 4.48. The molecule has 2 aromatic rings. The highest BCUT2D eigenvalue weighted by Gasteiger charge is 2.19. The van der Waals surface area contributed by atoms with Crippen molar-refractivity contribution in [3.63, 3.8) is 0 Å². The van der Waals surface area contributed by atoms with Crippen LogP contribution < -0.4 is 0 Å². The summed E-state index contributed by atoms with van der Waals surface area (Å²) in [5, 5.41) is 0. The van der Waals surface area contributed by atoms with Crippen LogP contribution in [0.3, 0.4) is 0 Å². The van der Waals surface area contributed by atoms with E-state index < -0.39 is 0 Å². The first-order chi connectivity index (χ1) is 10.1. The van der Waals surface area contributed by atoms with Crippen molar-refractivity contribution in [3.05, 3.63) is 47.4 Å². The third-order valence-corrected chi connectivity index (χ3v) is 4.41. The van der Waals surface area contributed by atoms with Crippen LogP contribution in [0.25, 0.3) is 11.3 Å². The van der Waals surface area contributed by atoms with Gasteiger partial charge in [-0.2, -0.15) is 0 Å². The van der Waals surface area contributed by atoms with Crippen molar-refractivity contribution in [2.24, 2.45) is 0 Å². The number of aromatic nitrogens is 2. The van der Waals surface area contributed by atoms with E-state index in [2.05, 4.69) is 46.1 Å². The number of hydrogen-bond donors (Lipinski definition) is 0. The second kappa shape index (κ2) is 5.94. The molecule has 3 heteroatoms. The standard InChI is InChI=1S/C18H23N3/c1-13-12-19-14(2)18(20-13)17-8-6-7-16(11-17)15(3)21-9-4-5-10-21/h6-8,11-12,15H,4-5,9-10H2,1-3H3. The van der Waals surface area contributed by atoms with Crippen LogP contribution in [0, 0.1) is 13.8 Å². The number of benzene rings is 1. The predicted octanol–water partition coefficient (Wildman–Crippen LogP) is 3.92. The first kappa shape index (κ1) is 14.2. The molecular formula is C18H23N3. The first-order valence-corrected chi connectivity index (χ1v) is 7.80. The zero-order valence-corrected chi connectivity index (χ0v) is 13.1. The third-order valence-electron chi connectivity index (χ3n) is 4.41. The second-order valence-electron chi connectivity index (χ2n) is 5.99. The molecule has 3 nitrogen and oxygen atoms in total. The maximum Gasteiger partial charge on any atom is 0.0917 e. The fraction of sp³-hybridized carbons (Fsp3) is 0.444. The molecule has 1 unspecified atom stereocenters. The van der Waals surface area contributed by atoms with Gasteiger partial charge in [0.1, 0.15) is 0 Å². The van der Waals surface area contributed by atoms with Gasteiger partial charge in [-0.1, -0.05) is 18.2 Å². The summed E-state index contributed by atoms with van der Waals surface area (Å²) in [5.74, 6) is 0. The van der Waals surface area contributed by atoms with Crippen molar-refractivity contribution >= 4 is 0 Å². The Morgan fingerprint density at radius 1 is 1.14 bits per heavy atom. The number of nitrogens with zero attached hydrogens (tertiary/aromatic N) is 3. The van der Waals surface area contributed by atoms with Gasteiger partial charge in [0.25, 0.3) is 0 Å². The van der Waals surface area contributed by atoms with Gasteiger partial charge < -0.3 is 0 Å². The normalized spacial score (nSPS) is 17.1. The summed E-state index contributed by atoms with van der Waals surface area (Å²) < 4.78 is 0. The number of aryl methyl sites for hydroxylation is 2. The first-order valence-electron chi connectivity index (χ1n) is 7.80. The van der Waals surface area contributed by atoms with E-state index in [9.17, 15) is 0 Å². The summed E-state index contributed by atoms with van der Waals surface area (Å²) in [6, 6.07) is 9.26. The van der Waals surface area contributed by atoms with Gasteiger partial charge in [0.05, 0.1) is 17.1 Å². The number of rotatable bonds is 3. The van der Waals surface area contributed by atoms with E-state index >= 15 is 0 Å². The highest BCUT2D eigenvalue weighted by Crippen LogP contribution is 2.28. The smallest absolute Gasteiger partial charge is 0.0917 e. The Morgan fingerprint density at radius 2 is 1.90 bits per heavy atom. The molecule has 110 valence electrons. The van der Waals surface area contributed by atoms with Crippen LogP contribution in [-0.2, 0) is 0 Å². The lowest BCUT2D eigenvalue weighted by Crippen LogP contribution is -2.23. The molecule has 2 heterocycles. The fourth-order valence-corrected chi connectivity index (χ4v) is 3.10. The number of likely N-dealkylation sites (tertiary alicyclic amines) is 1. The summed E-state index contributed by atoms with van der Waals surface area (Å²) in [4.78, 5) is 11.7. The zero-order chi connectivity index (χ0) is 14.8. The molecule has 1 saturated heterocycles. The topological polar surface area (TPSA) is 29.0 Å². The van der Waals surface area contributed by atoms with E-state index in [4.69, 9.17) is 0 Å². The monoisotopic (exact) mass is 281 g/mol. The van der Waals surface area contributed by atoms with Gasteiger partial charge in [-0.15, -0.1) is 0 Å². The van der Waals surface area contributed by atoms with Gasteiger partial charge in [-0.3, -0.25) is 9.88 Å². The van der Waals surface area contributed by atoms with Gasteiger partial charge in [-0.05, 0) is 58.3 Å². The van der Waals surface area contributed by atoms with E-state index in [-0.39, 0.29) is 0 Å². The fourth-order valence-electron chi connectivity index (χ4n) is 3.10. The van der Waals surface area contributed by atoms with Gasteiger partial charge >= 0.3 is 0 Å². The molecule has 0 bridgehead atoms. The molecule has 0 saturated carbocycles. The van der Waals surface area contributed by atoms with Crippen LogP contribution in [0.5, 0.6) is 0 Å². The van der Waals surface area contributed by atoms with E-state index in [0.717, 1.165) is 17.1 Å². The Labute approximate surface area is 127 Å². The largest absolute Gasteiger partial charge is 0.297 e. The van der Waals surface area contributed by atoms with E-state index in [1.807, 2.05) is 20.0 Å². The Hall–Kier alpha value is -1.74. The molecule has 3 rings (SSSR count). The quantitative estimate of drug-likeness (QED) is 0.854. The van der Waals surface area contributed by atoms with E-state index in [1.54, 1.807) is 0 Å². The lowest BCUT2D eigenvalue weighted by molar-refractivity contribution is 0.263. The van der Waals surface area contributed by atoms with Crippen molar-refractivity contribution in [1.82, 2.24) is 14.9 Å². The molecule has 1 atom stereocenters. The average molecular weight is 281 g/mol. The molecule has 0 spiro atoms. The van der Waals surface area contributed by atoms with Crippen LogP contribution >= 0.6 is 0 Å². The third kappa shape index (κ3) is 2.98. The Morgan fingerprint density at radius 3 is 2.67 bits per heavy atom. The molecular weight excluding hydrogens is 258 g/mol. The SMILES string of the molecule is Cc1cnc(C)c(-c2cccc(C(C)N3CCCC3)c2)n1. The van der Waals surface area contributed by atoms with Crippen LogP contribution in [0.4, 0.5) is 0 Å². The highest BCUT2D eigenvalue weighted by atomic mass is 15.2. The summed E-state index contributed by atoms with van der Waals surface area (Å²) >= 11 is 0. The maximum atomic E-state index is 4.66. The molecule has 0 aliphatic carbocycles. The molecule has 1 aliphatic rings. The maximum absolute atomic E-state index is 4.66. The lowest BCUT2D eigenvalue weighted by atomic mass is 10.0. The second-order valence-corrected chi connectivity index (χ2v) is 5.99. The van der Waals surface area contributed by atoms with E-state index in [1.165, 1.54) is 37.1 Å². The van der Waals surface area contributed by atoms with Crippen LogP contribution in [-0.4, -0.2) is 28.0 Å². The van der Waals surface area contributed by atoms with Crippen molar-refractivity contribution in [2.45, 2.75) is 39.7 Å². The molecule has 0 N–H and O–H groups in total. The molecule has 0 radical (unpaired) electrons. The highest BCUT2D eigenvalue weighted by molar-refractivity contribution is 5.62. The van der Waals surface area contributed by atoms with Crippen LogP contribution in [0.15, 0.2) is 30.5 Å². The Balaban J connectivity index is 1.94. The molecule has 1 aliphatic heterocycles. The Bertz CT molecular complexity index is 630. The lowest BCUT2D eigenvalue weighted by Gasteiger charge is -2.24.